The van der Waals surface area contributed by atoms with Gasteiger partial charge in [-0.3, -0.25) is 0 Å². The lowest BCUT2D eigenvalue weighted by atomic mass is 9.74. The van der Waals surface area contributed by atoms with E-state index in [1.54, 1.807) is 5.56 Å². The number of fused-ring (bicyclic) bond motifs is 2. The summed E-state index contributed by atoms with van der Waals surface area (Å²) < 4.78 is 0. The van der Waals surface area contributed by atoms with Crippen molar-refractivity contribution in [1.82, 2.24) is 4.90 Å². The van der Waals surface area contributed by atoms with Gasteiger partial charge in [0.05, 0.1) is 0 Å². The Labute approximate surface area is 113 Å². The maximum Gasteiger partial charge on any atom is 0.00773 e. The number of nitrogens with zero attached hydrogens (tertiary/aromatic N) is 1. The molecule has 0 saturated carbocycles. The lowest BCUT2D eigenvalue weighted by Crippen LogP contribution is -2.45. The molecule has 0 aromatic heterocycles. The van der Waals surface area contributed by atoms with E-state index in [1.165, 1.54) is 36.6 Å². The number of likely N-dealkylation sites (tertiary alicyclic amines) is 1. The molecule has 18 heavy (non-hydrogen) atoms. The second-order valence-electron chi connectivity index (χ2n) is 6.04. The highest BCUT2D eigenvalue weighted by molar-refractivity contribution is 8.14. The minimum atomic E-state index is 0.225. The van der Waals surface area contributed by atoms with E-state index >= 15 is 0 Å². The monoisotopic (exact) mass is 261 g/mol. The smallest absolute Gasteiger partial charge is 0.00773 e. The molecule has 1 saturated heterocycles. The van der Waals surface area contributed by atoms with E-state index in [0.29, 0.717) is 11.5 Å². The van der Waals surface area contributed by atoms with Crippen molar-refractivity contribution in [3.8, 4) is 0 Å². The minimum absolute atomic E-state index is 0.225. The largest absolute Gasteiger partial charge is 0.301 e. The number of rotatable bonds is 1. The summed E-state index contributed by atoms with van der Waals surface area (Å²) in [6.45, 7) is 7.13. The van der Waals surface area contributed by atoms with Crippen molar-refractivity contribution in [3.05, 3.63) is 29.8 Å². The Bertz CT molecular complexity index is 470. The van der Waals surface area contributed by atoms with Gasteiger partial charge in [0.1, 0.15) is 0 Å². The van der Waals surface area contributed by atoms with Crippen molar-refractivity contribution in [3.63, 3.8) is 0 Å². The molecule has 1 aromatic carbocycles. The second-order valence-corrected chi connectivity index (χ2v) is 7.76. The first-order chi connectivity index (χ1) is 8.62. The molecule has 2 aliphatic rings. The first kappa shape index (κ1) is 12.4. The van der Waals surface area contributed by atoms with Crippen molar-refractivity contribution >= 4 is 16.4 Å². The molecule has 0 bridgehead atoms. The molecule has 1 fully saturated rings. The van der Waals surface area contributed by atoms with Gasteiger partial charge in [-0.05, 0) is 51.4 Å². The van der Waals surface area contributed by atoms with Crippen LogP contribution < -0.4 is 0 Å². The maximum absolute atomic E-state index is 4.40. The molecule has 2 aliphatic heterocycles. The van der Waals surface area contributed by atoms with Gasteiger partial charge in [-0.1, -0.05) is 24.1 Å². The van der Waals surface area contributed by atoms with E-state index < -0.39 is 0 Å². The van der Waals surface area contributed by atoms with Crippen LogP contribution in [0.4, 0.5) is 0 Å². The highest BCUT2D eigenvalue weighted by Gasteiger charge is 2.42. The third-order valence-electron chi connectivity index (χ3n) is 4.71. The topological polar surface area (TPSA) is 3.24 Å². The Morgan fingerprint density at radius 2 is 1.89 bits per heavy atom. The van der Waals surface area contributed by atoms with Crippen LogP contribution in [-0.4, -0.2) is 35.7 Å². The van der Waals surface area contributed by atoms with Crippen LogP contribution in [-0.2, 0) is 5.41 Å². The summed E-state index contributed by atoms with van der Waals surface area (Å²) in [5.74, 6) is 5.69. The quantitative estimate of drug-likeness (QED) is 0.699. The Hall–Kier alpha value is -0.600. The Balaban J connectivity index is 1.89. The molecular weight excluding hydrogens is 238 g/mol. The number of hydrogen-bond acceptors (Lipinski definition) is 1. The average molecular weight is 261 g/mol. The highest BCUT2D eigenvalue weighted by atomic mass is 32.2. The van der Waals surface area contributed by atoms with E-state index in [4.69, 9.17) is 0 Å². The van der Waals surface area contributed by atoms with Crippen LogP contribution in [0.3, 0.4) is 0 Å². The molecule has 0 aliphatic carbocycles. The molecule has 3 rings (SSSR count). The lowest BCUT2D eigenvalue weighted by Gasteiger charge is -2.41. The molecule has 2 heteroatoms. The number of benzene rings is 1. The molecule has 1 spiro atoms. The predicted molar refractivity (Wildman–Crippen MR) is 81.9 cm³/mol. The summed E-state index contributed by atoms with van der Waals surface area (Å²) in [5.41, 5.74) is 2.07. The summed E-state index contributed by atoms with van der Waals surface area (Å²) >= 11 is 0. The zero-order valence-corrected chi connectivity index (χ0v) is 12.3. The fourth-order valence-electron chi connectivity index (χ4n) is 3.53. The summed E-state index contributed by atoms with van der Waals surface area (Å²) in [5, 5.41) is 0. The van der Waals surface area contributed by atoms with E-state index in [1.807, 2.05) is 0 Å². The number of piperidine rings is 1. The van der Waals surface area contributed by atoms with Crippen LogP contribution in [0.5, 0.6) is 0 Å². The molecular formula is C16H23NS. The van der Waals surface area contributed by atoms with Gasteiger partial charge < -0.3 is 4.90 Å². The lowest BCUT2D eigenvalue weighted by molar-refractivity contribution is 0.139. The van der Waals surface area contributed by atoms with Crippen molar-refractivity contribution in [2.45, 2.75) is 43.0 Å². The molecule has 98 valence electrons. The Morgan fingerprint density at radius 1 is 1.22 bits per heavy atom. The second kappa shape index (κ2) is 4.50. The third-order valence-corrected chi connectivity index (χ3v) is 6.58. The van der Waals surface area contributed by atoms with E-state index in [9.17, 15) is 0 Å². The Morgan fingerprint density at radius 3 is 2.56 bits per heavy atom. The van der Waals surface area contributed by atoms with E-state index in [-0.39, 0.29) is 10.5 Å². The summed E-state index contributed by atoms with van der Waals surface area (Å²) in [7, 11) is 0.225. The van der Waals surface area contributed by atoms with Crippen LogP contribution in [0, 0.1) is 0 Å². The van der Waals surface area contributed by atoms with Gasteiger partial charge in [0.2, 0.25) is 0 Å². The van der Waals surface area contributed by atoms with Crippen molar-refractivity contribution in [2.24, 2.45) is 0 Å². The van der Waals surface area contributed by atoms with Crippen LogP contribution in [0.15, 0.2) is 29.2 Å². The fourth-order valence-corrected chi connectivity index (χ4v) is 5.66. The molecule has 1 unspecified atom stereocenters. The van der Waals surface area contributed by atoms with Gasteiger partial charge >= 0.3 is 0 Å². The fraction of sp³-hybridized carbons (Fsp3) is 0.562. The predicted octanol–water partition coefficient (Wildman–Crippen LogP) is 3.50. The van der Waals surface area contributed by atoms with Crippen molar-refractivity contribution < 1.29 is 0 Å². The van der Waals surface area contributed by atoms with Gasteiger partial charge in [-0.25, -0.2) is 0 Å². The van der Waals surface area contributed by atoms with Gasteiger partial charge in [-0.2, -0.15) is 10.5 Å². The molecule has 1 aromatic rings. The maximum atomic E-state index is 4.40. The summed E-state index contributed by atoms with van der Waals surface area (Å²) in [6.07, 6.45) is 2.64. The summed E-state index contributed by atoms with van der Waals surface area (Å²) in [4.78, 5) is 4.16. The first-order valence-corrected chi connectivity index (χ1v) is 8.53. The van der Waals surface area contributed by atoms with Gasteiger partial charge in [-0.15, -0.1) is 0 Å². The molecule has 1 atom stereocenters. The van der Waals surface area contributed by atoms with E-state index in [2.05, 4.69) is 48.9 Å². The molecule has 0 amide bonds. The molecule has 1 nitrogen and oxygen atoms in total. The van der Waals surface area contributed by atoms with Crippen LogP contribution in [0.1, 0.15) is 32.3 Å². The van der Waals surface area contributed by atoms with Crippen LogP contribution >= 0.6 is 10.5 Å². The van der Waals surface area contributed by atoms with Crippen molar-refractivity contribution in [1.29, 1.82) is 0 Å². The molecule has 2 heterocycles. The average Bonchev–Trinajstić information content (AvgIpc) is 2.64. The van der Waals surface area contributed by atoms with Gasteiger partial charge in [0.15, 0.2) is 0 Å². The number of hydrogen-bond donors (Lipinski definition) is 0. The highest BCUT2D eigenvalue weighted by Crippen LogP contribution is 2.52. The first-order valence-electron chi connectivity index (χ1n) is 6.96. The normalized spacial score (nSPS) is 26.7. The van der Waals surface area contributed by atoms with Crippen LogP contribution in [0.25, 0.3) is 0 Å². The van der Waals surface area contributed by atoms with Gasteiger partial charge in [0, 0.05) is 22.1 Å². The Kier molecular flexibility index (Phi) is 3.11. The summed E-state index contributed by atoms with van der Waals surface area (Å²) in [6, 6.07) is 9.73. The van der Waals surface area contributed by atoms with E-state index in [0.717, 1.165) is 0 Å². The SMILES string of the molecule is C=S1CC2(CCN(C(C)C)CC2)c2ccccc21. The molecule has 0 radical (unpaired) electrons. The zero-order chi connectivity index (χ0) is 12.8. The van der Waals surface area contributed by atoms with Crippen molar-refractivity contribution in [2.75, 3.05) is 18.8 Å². The molecule has 0 N–H and O–H groups in total. The third kappa shape index (κ3) is 1.86. The van der Waals surface area contributed by atoms with Gasteiger partial charge in [0.25, 0.3) is 0 Å². The zero-order valence-electron chi connectivity index (χ0n) is 11.5. The minimum Gasteiger partial charge on any atom is -0.301 e. The standard InChI is InChI=1S/C16H23NS/c1-13(2)17-10-8-16(9-11-17)12-18(3)15-7-5-4-6-14(15)16/h4-7,13H,3,8-12H2,1-2H3. The van der Waals surface area contributed by atoms with Crippen LogP contribution in [0.2, 0.25) is 0 Å².